The van der Waals surface area contributed by atoms with Crippen LogP contribution in [-0.2, 0) is 9.84 Å². The number of carbonyl (C=O) groups is 1. The molecule has 4 rings (SSSR count). The number of nitrogens with zero attached hydrogens (tertiary/aromatic N) is 1. The smallest absolute Gasteiger partial charge is 0.291 e. The van der Waals surface area contributed by atoms with Crippen LogP contribution in [0.1, 0.15) is 16.1 Å². The number of carbonyl (C=O) groups excluding carboxylic acids is 1. The summed E-state index contributed by atoms with van der Waals surface area (Å²) in [5.74, 6) is -0.199. The zero-order valence-corrected chi connectivity index (χ0v) is 15.5. The molecule has 0 aliphatic rings. The van der Waals surface area contributed by atoms with Gasteiger partial charge in [-0.3, -0.25) is 4.79 Å². The largest absolute Gasteiger partial charge is 0.450 e. The summed E-state index contributed by atoms with van der Waals surface area (Å²) in [4.78, 5) is 16.5. The van der Waals surface area contributed by atoms with Gasteiger partial charge in [-0.2, -0.15) is 0 Å². The Morgan fingerprint density at radius 3 is 2.52 bits per heavy atom. The summed E-state index contributed by atoms with van der Waals surface area (Å²) in [6.45, 7) is 1.83. The lowest BCUT2D eigenvalue weighted by molar-refractivity contribution is 0.0998. The predicted molar refractivity (Wildman–Crippen MR) is 104 cm³/mol. The number of nitrogens with one attached hydrogen (secondary N) is 1. The van der Waals surface area contributed by atoms with Crippen LogP contribution in [0.4, 0.5) is 5.69 Å². The van der Waals surface area contributed by atoms with Crippen molar-refractivity contribution in [3.8, 4) is 0 Å². The van der Waals surface area contributed by atoms with Gasteiger partial charge in [-0.15, -0.1) is 0 Å². The van der Waals surface area contributed by atoms with Crippen LogP contribution in [0.25, 0.3) is 21.7 Å². The molecule has 1 N–H and O–H groups in total. The van der Waals surface area contributed by atoms with Gasteiger partial charge in [-0.05, 0) is 24.4 Å². The van der Waals surface area contributed by atoms with Gasteiger partial charge in [0, 0.05) is 22.6 Å². The molecule has 0 atom stereocenters. The number of rotatable bonds is 3. The monoisotopic (exact) mass is 380 g/mol. The third-order valence-corrected chi connectivity index (χ3v) is 5.41. The van der Waals surface area contributed by atoms with Gasteiger partial charge in [-0.25, -0.2) is 13.4 Å². The Morgan fingerprint density at radius 1 is 1.04 bits per heavy atom. The Bertz CT molecular complexity index is 1290. The van der Waals surface area contributed by atoms with E-state index >= 15 is 0 Å². The second kappa shape index (κ2) is 6.21. The van der Waals surface area contributed by atoms with Crippen LogP contribution in [0.15, 0.2) is 64.2 Å². The van der Waals surface area contributed by atoms with E-state index in [0.717, 1.165) is 28.0 Å². The molecule has 27 heavy (non-hydrogen) atoms. The van der Waals surface area contributed by atoms with Crippen molar-refractivity contribution in [1.29, 1.82) is 0 Å². The van der Waals surface area contributed by atoms with Crippen molar-refractivity contribution in [1.82, 2.24) is 4.98 Å². The number of aromatic nitrogens is 1. The number of hydrogen-bond acceptors (Lipinski definition) is 5. The Labute approximate surface area is 155 Å². The van der Waals surface area contributed by atoms with E-state index in [0.29, 0.717) is 11.3 Å². The molecule has 2 heterocycles. The van der Waals surface area contributed by atoms with E-state index < -0.39 is 15.7 Å². The maximum absolute atomic E-state index is 12.7. The third kappa shape index (κ3) is 3.06. The Morgan fingerprint density at radius 2 is 1.81 bits per heavy atom. The Balaban J connectivity index is 1.70. The molecule has 6 nitrogen and oxygen atoms in total. The van der Waals surface area contributed by atoms with Gasteiger partial charge in [0.05, 0.1) is 11.9 Å². The van der Waals surface area contributed by atoms with Crippen LogP contribution in [0, 0.1) is 6.92 Å². The molecule has 0 bridgehead atoms. The molecular weight excluding hydrogens is 364 g/mol. The zero-order valence-electron chi connectivity index (χ0n) is 14.7. The normalized spacial score (nSPS) is 11.8. The maximum atomic E-state index is 12.7. The molecule has 0 aliphatic heterocycles. The fourth-order valence-corrected chi connectivity index (χ4v) is 3.59. The molecule has 0 radical (unpaired) electrons. The number of benzene rings is 2. The number of hydrogen-bond donors (Lipinski definition) is 1. The second-order valence-electron chi connectivity index (χ2n) is 6.33. The highest BCUT2D eigenvalue weighted by Crippen LogP contribution is 2.32. The zero-order chi connectivity index (χ0) is 19.2. The number of aryl methyl sites for hydroxylation is 1. The molecule has 0 fully saturated rings. The van der Waals surface area contributed by atoms with E-state index in [1.165, 1.54) is 18.3 Å². The summed E-state index contributed by atoms with van der Waals surface area (Å²) < 4.78 is 28.8. The first-order chi connectivity index (χ1) is 12.8. The molecule has 0 spiro atoms. The summed E-state index contributed by atoms with van der Waals surface area (Å²) in [7, 11) is -3.39. The van der Waals surface area contributed by atoms with Crippen LogP contribution in [-0.4, -0.2) is 25.6 Å². The van der Waals surface area contributed by atoms with Gasteiger partial charge in [0.15, 0.2) is 20.6 Å². The fourth-order valence-electron chi connectivity index (χ4n) is 3.03. The molecule has 2 aromatic carbocycles. The summed E-state index contributed by atoms with van der Waals surface area (Å²) in [5, 5.41) is 5.50. The van der Waals surface area contributed by atoms with Crippen molar-refractivity contribution in [3.05, 3.63) is 66.1 Å². The second-order valence-corrected chi connectivity index (χ2v) is 8.29. The molecule has 0 saturated heterocycles. The lowest BCUT2D eigenvalue weighted by Crippen LogP contribution is -2.12. The molecule has 2 aromatic heterocycles. The quantitative estimate of drug-likeness (QED) is 0.581. The first-order valence-corrected chi connectivity index (χ1v) is 10.1. The Kier molecular flexibility index (Phi) is 3.96. The lowest BCUT2D eigenvalue weighted by Gasteiger charge is -2.04. The number of furan rings is 1. The van der Waals surface area contributed by atoms with E-state index in [1.807, 2.05) is 43.3 Å². The van der Waals surface area contributed by atoms with Crippen molar-refractivity contribution in [2.45, 2.75) is 11.9 Å². The van der Waals surface area contributed by atoms with Gasteiger partial charge < -0.3 is 9.73 Å². The summed E-state index contributed by atoms with van der Waals surface area (Å²) >= 11 is 0. The molecule has 0 saturated carbocycles. The molecule has 1 amide bonds. The van der Waals surface area contributed by atoms with Gasteiger partial charge in [0.25, 0.3) is 5.91 Å². The third-order valence-electron chi connectivity index (χ3n) is 4.41. The van der Waals surface area contributed by atoms with E-state index in [1.54, 1.807) is 0 Å². The van der Waals surface area contributed by atoms with Gasteiger partial charge in [-0.1, -0.05) is 36.4 Å². The van der Waals surface area contributed by atoms with Crippen molar-refractivity contribution in [3.63, 3.8) is 0 Å². The average molecular weight is 380 g/mol. The lowest BCUT2D eigenvalue weighted by atomic mass is 10.1. The molecule has 0 unspecified atom stereocenters. The molecular formula is C20H16N2O4S. The topological polar surface area (TPSA) is 89.3 Å². The fraction of sp³-hybridized carbons (Fsp3) is 0.100. The minimum Gasteiger partial charge on any atom is -0.450 e. The highest BCUT2D eigenvalue weighted by Gasteiger charge is 2.19. The minimum atomic E-state index is -3.39. The van der Waals surface area contributed by atoms with Crippen LogP contribution >= 0.6 is 0 Å². The van der Waals surface area contributed by atoms with Crippen molar-refractivity contribution in [2.75, 3.05) is 11.6 Å². The summed E-state index contributed by atoms with van der Waals surface area (Å²) in [5.41, 5.74) is 1.80. The minimum absolute atomic E-state index is 0.0492. The van der Waals surface area contributed by atoms with E-state index in [4.69, 9.17) is 4.42 Å². The number of fused-ring (bicyclic) bond motifs is 3. The molecule has 7 heteroatoms. The maximum Gasteiger partial charge on any atom is 0.291 e. The summed E-state index contributed by atoms with van der Waals surface area (Å²) in [6, 6.07) is 14.6. The number of amides is 1. The number of anilines is 1. The van der Waals surface area contributed by atoms with Crippen LogP contribution in [0.5, 0.6) is 0 Å². The number of pyridine rings is 1. The van der Waals surface area contributed by atoms with E-state index in [-0.39, 0.29) is 10.8 Å². The first-order valence-electron chi connectivity index (χ1n) is 8.23. The van der Waals surface area contributed by atoms with Gasteiger partial charge in [0.1, 0.15) is 5.58 Å². The van der Waals surface area contributed by atoms with Crippen LogP contribution < -0.4 is 5.32 Å². The van der Waals surface area contributed by atoms with Gasteiger partial charge in [0.2, 0.25) is 0 Å². The summed E-state index contributed by atoms with van der Waals surface area (Å²) in [6.07, 6.45) is 2.39. The van der Waals surface area contributed by atoms with Crippen molar-refractivity contribution in [2.24, 2.45) is 0 Å². The van der Waals surface area contributed by atoms with Crippen LogP contribution in [0.3, 0.4) is 0 Å². The molecule has 136 valence electrons. The first kappa shape index (κ1) is 17.2. The highest BCUT2D eigenvalue weighted by molar-refractivity contribution is 7.90. The molecule has 4 aromatic rings. The van der Waals surface area contributed by atoms with Crippen molar-refractivity contribution < 1.29 is 17.6 Å². The van der Waals surface area contributed by atoms with Crippen LogP contribution in [0.2, 0.25) is 0 Å². The molecule has 0 aliphatic carbocycles. The SMILES string of the molecule is Cc1c(C(=O)Nc2ccc(S(C)(=O)=O)nc2)oc2c1ccc1ccccc12. The van der Waals surface area contributed by atoms with E-state index in [9.17, 15) is 13.2 Å². The Hall–Kier alpha value is -3.19. The van der Waals surface area contributed by atoms with Gasteiger partial charge >= 0.3 is 0 Å². The predicted octanol–water partition coefficient (Wildman–Crippen LogP) is 3.95. The average Bonchev–Trinajstić information content (AvgIpc) is 2.99. The highest BCUT2D eigenvalue weighted by atomic mass is 32.2. The number of sulfone groups is 1. The van der Waals surface area contributed by atoms with Crippen molar-refractivity contribution >= 4 is 43.2 Å². The van der Waals surface area contributed by atoms with E-state index in [2.05, 4.69) is 10.3 Å². The standard InChI is InChI=1S/C20H16N2O4S/c1-12-15-9-7-13-5-3-4-6-16(13)19(15)26-18(12)20(23)22-14-8-10-17(21-11-14)27(2,24)25/h3-11H,1-2H3,(H,22,23).